The Balaban J connectivity index is 2.81. The van der Waals surface area contributed by atoms with Gasteiger partial charge in [0.25, 0.3) is 5.91 Å². The van der Waals surface area contributed by atoms with Crippen molar-refractivity contribution < 1.29 is 19.8 Å². The molecule has 0 saturated heterocycles. The van der Waals surface area contributed by atoms with Gasteiger partial charge in [-0.25, -0.2) is 4.79 Å². The zero-order valence-electron chi connectivity index (χ0n) is 9.65. The van der Waals surface area contributed by atoms with Gasteiger partial charge < -0.3 is 15.5 Å². The number of aliphatic hydroxyl groups is 1. The van der Waals surface area contributed by atoms with Crippen molar-refractivity contribution in [2.24, 2.45) is 0 Å². The predicted octanol–water partition coefficient (Wildman–Crippen LogP) is -0.408. The minimum Gasteiger partial charge on any atom is -0.480 e. The lowest BCUT2D eigenvalue weighted by Gasteiger charge is -2.13. The highest BCUT2D eigenvalue weighted by atomic mass is 16.4. The van der Waals surface area contributed by atoms with Crippen LogP contribution in [0.1, 0.15) is 28.2 Å². The van der Waals surface area contributed by atoms with Crippen molar-refractivity contribution in [2.75, 3.05) is 6.61 Å². The number of carboxylic acid groups (broad SMARTS) is 1. The summed E-state index contributed by atoms with van der Waals surface area (Å²) in [5.41, 5.74) is 1.43. The van der Waals surface area contributed by atoms with Crippen molar-refractivity contribution in [3.8, 4) is 0 Å². The average molecular weight is 241 g/mol. The molecule has 17 heavy (non-hydrogen) atoms. The highest BCUT2D eigenvalue weighted by molar-refractivity contribution is 5.98. The average Bonchev–Trinajstić information content (AvgIpc) is 2.57. The number of rotatable bonds is 5. The van der Waals surface area contributed by atoms with Crippen molar-refractivity contribution in [3.05, 3.63) is 17.0 Å². The molecule has 0 aliphatic heterocycles. The molecule has 1 aromatic heterocycles. The Bertz CT molecular complexity index is 408. The normalized spacial score (nSPS) is 12.2. The quantitative estimate of drug-likeness (QED) is 0.559. The molecule has 0 saturated carbocycles. The van der Waals surface area contributed by atoms with Gasteiger partial charge in [-0.15, -0.1) is 0 Å². The van der Waals surface area contributed by atoms with Gasteiger partial charge in [0, 0.05) is 18.7 Å². The Morgan fingerprint density at radius 1 is 1.47 bits per heavy atom. The molecule has 7 heteroatoms. The molecule has 0 radical (unpaired) electrons. The molecule has 1 amide bonds. The van der Waals surface area contributed by atoms with Crippen LogP contribution in [0.15, 0.2) is 0 Å². The maximum Gasteiger partial charge on any atom is 0.326 e. The second kappa shape index (κ2) is 5.44. The molecule has 0 bridgehead atoms. The smallest absolute Gasteiger partial charge is 0.326 e. The van der Waals surface area contributed by atoms with Crippen molar-refractivity contribution in [1.82, 2.24) is 15.5 Å². The lowest BCUT2D eigenvalue weighted by atomic mass is 10.1. The third-order valence-electron chi connectivity index (χ3n) is 2.38. The highest BCUT2D eigenvalue weighted by Gasteiger charge is 2.22. The van der Waals surface area contributed by atoms with Crippen molar-refractivity contribution in [2.45, 2.75) is 26.3 Å². The summed E-state index contributed by atoms with van der Waals surface area (Å²) in [5, 5.41) is 26.4. The minimum absolute atomic E-state index is 0.0307. The number of H-pyrrole nitrogens is 1. The second-order valence-electron chi connectivity index (χ2n) is 3.69. The first kappa shape index (κ1) is 13.2. The van der Waals surface area contributed by atoms with E-state index in [1.807, 2.05) is 0 Å². The molecular weight excluding hydrogens is 226 g/mol. The number of amides is 1. The molecule has 7 nitrogen and oxygen atoms in total. The van der Waals surface area contributed by atoms with E-state index in [1.54, 1.807) is 13.8 Å². The van der Waals surface area contributed by atoms with Gasteiger partial charge in [-0.1, -0.05) is 0 Å². The molecule has 1 rings (SSSR count). The molecule has 0 aromatic carbocycles. The number of aromatic nitrogens is 2. The van der Waals surface area contributed by atoms with Gasteiger partial charge in [0.15, 0.2) is 0 Å². The molecule has 0 unspecified atom stereocenters. The van der Waals surface area contributed by atoms with E-state index in [2.05, 4.69) is 15.5 Å². The summed E-state index contributed by atoms with van der Waals surface area (Å²) in [7, 11) is 0. The molecular formula is C10H15N3O4. The van der Waals surface area contributed by atoms with Crippen LogP contribution in [-0.4, -0.2) is 44.9 Å². The number of carbonyl (C=O) groups is 2. The van der Waals surface area contributed by atoms with Gasteiger partial charge in [0.2, 0.25) is 0 Å². The fraction of sp³-hybridized carbons (Fsp3) is 0.500. The predicted molar refractivity (Wildman–Crippen MR) is 58.7 cm³/mol. The van der Waals surface area contributed by atoms with Gasteiger partial charge >= 0.3 is 5.97 Å². The maximum atomic E-state index is 11.8. The summed E-state index contributed by atoms with van der Waals surface area (Å²) in [6.07, 6.45) is -0.0307. The number of aliphatic carboxylic acids is 1. The Kier molecular flexibility index (Phi) is 4.22. The molecule has 0 spiro atoms. The number of nitrogens with zero attached hydrogens (tertiary/aromatic N) is 1. The zero-order valence-corrected chi connectivity index (χ0v) is 9.65. The lowest BCUT2D eigenvalue weighted by Crippen LogP contribution is -2.41. The monoisotopic (exact) mass is 241 g/mol. The first-order chi connectivity index (χ1) is 7.97. The highest BCUT2D eigenvalue weighted by Crippen LogP contribution is 2.09. The van der Waals surface area contributed by atoms with Crippen LogP contribution < -0.4 is 5.32 Å². The Labute approximate surface area is 97.8 Å². The van der Waals surface area contributed by atoms with E-state index in [-0.39, 0.29) is 13.0 Å². The van der Waals surface area contributed by atoms with E-state index in [9.17, 15) is 9.59 Å². The van der Waals surface area contributed by atoms with Crippen LogP contribution in [0.25, 0.3) is 0 Å². The van der Waals surface area contributed by atoms with Crippen LogP contribution in [0.4, 0.5) is 0 Å². The molecule has 1 atom stereocenters. The standard InChI is InChI=1S/C10H15N3O4/c1-5-8(6(2)13-12-5)9(15)11-7(3-4-14)10(16)17/h7,14H,3-4H2,1-2H3,(H,11,15)(H,12,13)(H,16,17)/t7-/m0/s1. The maximum absolute atomic E-state index is 11.8. The van der Waals surface area contributed by atoms with Crippen LogP contribution >= 0.6 is 0 Å². The van der Waals surface area contributed by atoms with Crippen LogP contribution in [0.2, 0.25) is 0 Å². The summed E-state index contributed by atoms with van der Waals surface area (Å²) >= 11 is 0. The SMILES string of the molecule is Cc1n[nH]c(C)c1C(=O)N[C@@H](CCO)C(=O)O. The van der Waals surface area contributed by atoms with E-state index in [1.165, 1.54) is 0 Å². The Morgan fingerprint density at radius 2 is 2.12 bits per heavy atom. The number of nitrogens with one attached hydrogen (secondary N) is 2. The Hall–Kier alpha value is -1.89. The van der Waals surface area contributed by atoms with Gasteiger partial charge in [-0.3, -0.25) is 9.89 Å². The number of hydrogen-bond acceptors (Lipinski definition) is 4. The number of aryl methyl sites for hydroxylation is 2. The largest absolute Gasteiger partial charge is 0.480 e. The fourth-order valence-corrected chi connectivity index (χ4v) is 1.50. The van der Waals surface area contributed by atoms with E-state index in [4.69, 9.17) is 10.2 Å². The van der Waals surface area contributed by atoms with E-state index in [0.29, 0.717) is 17.0 Å². The zero-order chi connectivity index (χ0) is 13.0. The lowest BCUT2D eigenvalue weighted by molar-refractivity contribution is -0.139. The summed E-state index contributed by atoms with van der Waals surface area (Å²) in [4.78, 5) is 22.6. The van der Waals surface area contributed by atoms with Crippen LogP contribution in [0, 0.1) is 13.8 Å². The first-order valence-electron chi connectivity index (χ1n) is 5.13. The van der Waals surface area contributed by atoms with Gasteiger partial charge in [-0.05, 0) is 13.8 Å². The number of carboxylic acids is 1. The second-order valence-corrected chi connectivity index (χ2v) is 3.69. The van der Waals surface area contributed by atoms with Crippen LogP contribution in [-0.2, 0) is 4.79 Å². The third kappa shape index (κ3) is 3.04. The van der Waals surface area contributed by atoms with E-state index < -0.39 is 17.9 Å². The van der Waals surface area contributed by atoms with E-state index in [0.717, 1.165) is 0 Å². The first-order valence-corrected chi connectivity index (χ1v) is 5.13. The summed E-state index contributed by atoms with van der Waals surface area (Å²) < 4.78 is 0. The number of aromatic amines is 1. The number of hydrogen-bond donors (Lipinski definition) is 4. The Morgan fingerprint density at radius 3 is 2.53 bits per heavy atom. The van der Waals surface area contributed by atoms with Crippen molar-refractivity contribution >= 4 is 11.9 Å². The number of carbonyl (C=O) groups excluding carboxylic acids is 1. The van der Waals surface area contributed by atoms with Crippen molar-refractivity contribution in [3.63, 3.8) is 0 Å². The minimum atomic E-state index is -1.17. The molecule has 1 heterocycles. The van der Waals surface area contributed by atoms with Crippen molar-refractivity contribution in [1.29, 1.82) is 0 Å². The summed E-state index contributed by atoms with van der Waals surface area (Å²) in [5.74, 6) is -1.68. The molecule has 1 aromatic rings. The molecule has 0 fully saturated rings. The van der Waals surface area contributed by atoms with Crippen LogP contribution in [0.3, 0.4) is 0 Å². The summed E-state index contributed by atoms with van der Waals surface area (Å²) in [6.45, 7) is 3.03. The van der Waals surface area contributed by atoms with E-state index >= 15 is 0 Å². The molecule has 4 N–H and O–H groups in total. The third-order valence-corrected chi connectivity index (χ3v) is 2.38. The molecule has 94 valence electrons. The van der Waals surface area contributed by atoms with Gasteiger partial charge in [0.1, 0.15) is 6.04 Å². The topological polar surface area (TPSA) is 115 Å². The number of aliphatic hydroxyl groups excluding tert-OH is 1. The molecule has 0 aliphatic rings. The fourth-order valence-electron chi connectivity index (χ4n) is 1.50. The van der Waals surface area contributed by atoms with Gasteiger partial charge in [0.05, 0.1) is 11.3 Å². The van der Waals surface area contributed by atoms with Gasteiger partial charge in [-0.2, -0.15) is 5.10 Å². The summed E-state index contributed by atoms with van der Waals surface area (Å²) in [6, 6.07) is -1.10. The van der Waals surface area contributed by atoms with Crippen LogP contribution in [0.5, 0.6) is 0 Å². The molecule has 0 aliphatic carbocycles.